The average Bonchev–Trinajstić information content (AvgIpc) is 2.16. The van der Waals surface area contributed by atoms with E-state index in [0.717, 1.165) is 0 Å². The van der Waals surface area contributed by atoms with Gasteiger partial charge in [-0.1, -0.05) is 27.5 Å². The van der Waals surface area contributed by atoms with Gasteiger partial charge in [0.05, 0.1) is 12.3 Å². The van der Waals surface area contributed by atoms with Crippen LogP contribution >= 0.6 is 27.5 Å². The lowest BCUT2D eigenvalue weighted by Gasteiger charge is -2.09. The molecule has 1 N–H and O–H groups in total. The van der Waals surface area contributed by atoms with Gasteiger partial charge in [0.1, 0.15) is 5.69 Å². The van der Waals surface area contributed by atoms with Gasteiger partial charge >= 0.3 is 0 Å². The van der Waals surface area contributed by atoms with Gasteiger partial charge in [-0.3, -0.25) is 0 Å². The summed E-state index contributed by atoms with van der Waals surface area (Å²) in [4.78, 5) is 3.61. The molecule has 1 aromatic heterocycles. The fourth-order valence-corrected chi connectivity index (χ4v) is 2.04. The van der Waals surface area contributed by atoms with Gasteiger partial charge in [0.15, 0.2) is 0 Å². The van der Waals surface area contributed by atoms with Crippen LogP contribution in [0.25, 0.3) is 0 Å². The van der Waals surface area contributed by atoms with Gasteiger partial charge in [-0.15, -0.1) is 0 Å². The number of pyridine rings is 1. The molecule has 1 aromatic rings. The molecule has 0 saturated heterocycles. The summed E-state index contributed by atoms with van der Waals surface area (Å²) in [7, 11) is 0. The van der Waals surface area contributed by atoms with E-state index in [-0.39, 0.29) is 27.3 Å². The van der Waals surface area contributed by atoms with Crippen molar-refractivity contribution in [1.82, 2.24) is 4.98 Å². The largest absolute Gasteiger partial charge is 0.390 e. The van der Waals surface area contributed by atoms with E-state index in [0.29, 0.717) is 0 Å². The minimum atomic E-state index is -2.69. The van der Waals surface area contributed by atoms with E-state index in [1.807, 2.05) is 0 Å². The molecule has 6 heteroatoms. The zero-order valence-corrected chi connectivity index (χ0v) is 9.32. The van der Waals surface area contributed by atoms with Crippen LogP contribution in [0.15, 0.2) is 6.07 Å². The van der Waals surface area contributed by atoms with Crippen LogP contribution in [0.1, 0.15) is 23.4 Å². The predicted molar refractivity (Wildman–Crippen MR) is 52.8 cm³/mol. The summed E-state index contributed by atoms with van der Waals surface area (Å²) >= 11 is 8.80. The smallest absolute Gasteiger partial charge is 0.280 e. The van der Waals surface area contributed by atoms with Gasteiger partial charge in [-0.05, 0) is 6.07 Å². The molecule has 0 atom stereocenters. The molecule has 2 nitrogen and oxygen atoms in total. The van der Waals surface area contributed by atoms with E-state index in [1.165, 1.54) is 6.07 Å². The van der Waals surface area contributed by atoms with Crippen LogP contribution in [0.5, 0.6) is 0 Å². The predicted octanol–water partition coefficient (Wildman–Crippen LogP) is 3.06. The van der Waals surface area contributed by atoms with E-state index >= 15 is 0 Å². The summed E-state index contributed by atoms with van der Waals surface area (Å²) in [6, 6.07) is 1.38. The third-order valence-electron chi connectivity index (χ3n) is 1.66. The number of aromatic nitrogens is 1. The zero-order chi connectivity index (χ0) is 10.7. The molecule has 0 saturated carbocycles. The van der Waals surface area contributed by atoms with Crippen LogP contribution in [-0.2, 0) is 11.9 Å². The highest BCUT2D eigenvalue weighted by molar-refractivity contribution is 9.08. The van der Waals surface area contributed by atoms with Crippen molar-refractivity contribution < 1.29 is 13.9 Å². The van der Waals surface area contributed by atoms with E-state index < -0.39 is 13.0 Å². The Morgan fingerprint density at radius 2 is 2.21 bits per heavy atom. The first-order chi connectivity index (χ1) is 6.60. The lowest BCUT2D eigenvalue weighted by Crippen LogP contribution is -2.02. The van der Waals surface area contributed by atoms with Gasteiger partial charge in [-0.25, -0.2) is 13.8 Å². The molecule has 1 heterocycles. The highest BCUT2D eigenvalue weighted by Crippen LogP contribution is 2.29. The molecule has 0 spiro atoms. The van der Waals surface area contributed by atoms with Gasteiger partial charge in [0.25, 0.3) is 6.43 Å². The van der Waals surface area contributed by atoms with E-state index in [1.54, 1.807) is 0 Å². The first-order valence-corrected chi connectivity index (χ1v) is 5.23. The molecular weight excluding hydrogens is 279 g/mol. The topological polar surface area (TPSA) is 33.1 Å². The Labute approximate surface area is 93.0 Å². The van der Waals surface area contributed by atoms with E-state index in [9.17, 15) is 8.78 Å². The molecule has 0 aliphatic heterocycles. The van der Waals surface area contributed by atoms with E-state index in [4.69, 9.17) is 16.7 Å². The molecule has 0 aliphatic carbocycles. The summed E-state index contributed by atoms with van der Waals surface area (Å²) < 4.78 is 25.0. The number of hydrogen-bond acceptors (Lipinski definition) is 2. The van der Waals surface area contributed by atoms with Crippen molar-refractivity contribution in [2.45, 2.75) is 18.4 Å². The summed E-state index contributed by atoms with van der Waals surface area (Å²) in [6.45, 7) is -0.401. The van der Waals surface area contributed by atoms with Crippen molar-refractivity contribution in [3.8, 4) is 0 Å². The molecule has 0 aromatic carbocycles. The first kappa shape index (κ1) is 11.8. The minimum Gasteiger partial charge on any atom is -0.390 e. The first-order valence-electron chi connectivity index (χ1n) is 3.73. The van der Waals surface area contributed by atoms with Crippen molar-refractivity contribution >= 4 is 27.5 Å². The summed E-state index contributed by atoms with van der Waals surface area (Å²) in [5.74, 6) is 0. The van der Waals surface area contributed by atoms with Crippen LogP contribution in [0.3, 0.4) is 0 Å². The summed E-state index contributed by atoms with van der Waals surface area (Å²) in [5.41, 5.74) is 0.0345. The standard InChI is InChI=1S/C8H7BrClF2NO/c9-2-5-6(10)1-4(3-14)13-7(5)8(11)12/h1,8,14H,2-3H2. The Kier molecular flexibility index (Phi) is 4.22. The van der Waals surface area contributed by atoms with Crippen LogP contribution in [0.2, 0.25) is 5.02 Å². The molecule has 14 heavy (non-hydrogen) atoms. The third-order valence-corrected chi connectivity index (χ3v) is 2.56. The maximum Gasteiger partial charge on any atom is 0.280 e. The Morgan fingerprint density at radius 1 is 1.57 bits per heavy atom. The lowest BCUT2D eigenvalue weighted by molar-refractivity contribution is 0.144. The zero-order valence-electron chi connectivity index (χ0n) is 6.98. The fourth-order valence-electron chi connectivity index (χ4n) is 1.00. The molecule has 0 bridgehead atoms. The Bertz CT molecular complexity index is 335. The monoisotopic (exact) mass is 285 g/mol. The molecule has 0 radical (unpaired) electrons. The average molecular weight is 287 g/mol. The second-order valence-electron chi connectivity index (χ2n) is 2.55. The number of nitrogens with zero attached hydrogens (tertiary/aromatic N) is 1. The second kappa shape index (κ2) is 5.00. The third kappa shape index (κ3) is 2.40. The number of aliphatic hydroxyl groups excluding tert-OH is 1. The number of rotatable bonds is 3. The van der Waals surface area contributed by atoms with Gasteiger partial charge in [0.2, 0.25) is 0 Å². The van der Waals surface area contributed by atoms with Crippen LogP contribution < -0.4 is 0 Å². The normalized spacial score (nSPS) is 11.0. The van der Waals surface area contributed by atoms with Crippen LogP contribution in [-0.4, -0.2) is 10.1 Å². The number of alkyl halides is 3. The maximum absolute atomic E-state index is 12.5. The second-order valence-corrected chi connectivity index (χ2v) is 3.52. The molecule has 0 amide bonds. The van der Waals surface area contributed by atoms with Gasteiger partial charge < -0.3 is 5.11 Å². The van der Waals surface area contributed by atoms with Crippen molar-refractivity contribution in [3.63, 3.8) is 0 Å². The lowest BCUT2D eigenvalue weighted by atomic mass is 10.2. The van der Waals surface area contributed by atoms with Crippen molar-refractivity contribution in [2.24, 2.45) is 0 Å². The Hall–Kier alpha value is -0.260. The fraction of sp³-hybridized carbons (Fsp3) is 0.375. The maximum atomic E-state index is 12.5. The van der Waals surface area contributed by atoms with Crippen LogP contribution in [0.4, 0.5) is 8.78 Å². The van der Waals surface area contributed by atoms with Crippen molar-refractivity contribution in [2.75, 3.05) is 0 Å². The quantitative estimate of drug-likeness (QED) is 0.866. The highest BCUT2D eigenvalue weighted by atomic mass is 79.9. The summed E-state index contributed by atoms with van der Waals surface area (Å²) in [6.07, 6.45) is -2.69. The minimum absolute atomic E-state index is 0.148. The number of aliphatic hydroxyl groups is 1. The molecular formula is C8H7BrClF2NO. The molecule has 0 aliphatic rings. The van der Waals surface area contributed by atoms with Crippen LogP contribution in [0, 0.1) is 0 Å². The Balaban J connectivity index is 3.28. The van der Waals surface area contributed by atoms with Gasteiger partial charge in [-0.2, -0.15) is 0 Å². The molecule has 0 unspecified atom stereocenters. The molecule has 78 valence electrons. The van der Waals surface area contributed by atoms with E-state index in [2.05, 4.69) is 20.9 Å². The van der Waals surface area contributed by atoms with Gasteiger partial charge in [0, 0.05) is 15.9 Å². The highest BCUT2D eigenvalue weighted by Gasteiger charge is 2.18. The summed E-state index contributed by atoms with van der Waals surface area (Å²) in [5, 5.41) is 9.16. The molecule has 0 fully saturated rings. The molecule has 1 rings (SSSR count). The van der Waals surface area contributed by atoms with Crippen molar-refractivity contribution in [3.05, 3.63) is 28.0 Å². The number of hydrogen-bond donors (Lipinski definition) is 1. The Morgan fingerprint density at radius 3 is 2.64 bits per heavy atom. The SMILES string of the molecule is OCc1cc(Cl)c(CBr)c(C(F)F)n1. The van der Waals surface area contributed by atoms with Crippen molar-refractivity contribution in [1.29, 1.82) is 0 Å². The number of halogens is 4.